The normalized spacial score (nSPS) is 19.5. The number of fused-ring (bicyclic) bond motifs is 1. The summed E-state index contributed by atoms with van der Waals surface area (Å²) in [6.07, 6.45) is -2.09. The molecule has 5 rings (SSSR count). The van der Waals surface area contributed by atoms with Crippen LogP contribution in [0.3, 0.4) is 0 Å². The van der Waals surface area contributed by atoms with E-state index in [0.717, 1.165) is 43.5 Å². The lowest BCUT2D eigenvalue weighted by Crippen LogP contribution is -2.48. The van der Waals surface area contributed by atoms with Gasteiger partial charge in [-0.15, -0.1) is 11.3 Å². The number of nitrogens with one attached hydrogen (secondary N) is 3. The molecule has 1 saturated carbocycles. The van der Waals surface area contributed by atoms with Gasteiger partial charge < -0.3 is 20.7 Å². The van der Waals surface area contributed by atoms with Crippen molar-refractivity contribution in [2.75, 3.05) is 55.4 Å². The van der Waals surface area contributed by atoms with Crippen LogP contribution in [0.15, 0.2) is 30.3 Å². The van der Waals surface area contributed by atoms with Gasteiger partial charge >= 0.3 is 6.18 Å². The zero-order valence-electron chi connectivity index (χ0n) is 26.2. The largest absolute Gasteiger partial charge is 0.477 e. The minimum atomic E-state index is -4.46. The minimum Gasteiger partial charge on any atom is -0.477 e. The maximum absolute atomic E-state index is 14.6. The maximum atomic E-state index is 14.6. The van der Waals surface area contributed by atoms with Crippen molar-refractivity contribution in [2.45, 2.75) is 50.4 Å². The number of anilines is 2. The lowest BCUT2D eigenvalue weighted by atomic mass is 9.90. The van der Waals surface area contributed by atoms with Crippen molar-refractivity contribution in [3.63, 3.8) is 0 Å². The standard InChI is InChI=1S/C33H35F4N5O4S2/c1-39-32(43)24-18-29(46-15-11-38)28(19-26(24)34)40-12-3-6-30-25(20-33(35,36)37)23-4-2-5-27(31(23)47-30)41-21-7-9-22(10-8-21)42-13-16-48(44,45)17-14-42/h2,4-5,18-19,21-22,40-41H,7-10,12-17,20H2,1H3,(H,39,43). The Hall–Kier alpha value is -4.05. The average molecular weight is 706 g/mol. The van der Waals surface area contributed by atoms with Gasteiger partial charge in [0.2, 0.25) is 0 Å². The number of hydrogen-bond donors (Lipinski definition) is 3. The van der Waals surface area contributed by atoms with Crippen molar-refractivity contribution in [3.05, 3.63) is 52.2 Å². The van der Waals surface area contributed by atoms with Crippen LogP contribution in [0.1, 0.15) is 46.5 Å². The summed E-state index contributed by atoms with van der Waals surface area (Å²) in [5.41, 5.74) is 0.677. The fourth-order valence-corrected chi connectivity index (χ4v) is 8.55. The number of nitriles is 1. The van der Waals surface area contributed by atoms with Gasteiger partial charge in [-0.2, -0.15) is 18.4 Å². The van der Waals surface area contributed by atoms with Crippen LogP contribution in [0, 0.1) is 29.0 Å². The van der Waals surface area contributed by atoms with Crippen molar-refractivity contribution in [2.24, 2.45) is 0 Å². The van der Waals surface area contributed by atoms with Crippen LogP contribution in [-0.4, -0.2) is 82.3 Å². The van der Waals surface area contributed by atoms with Gasteiger partial charge in [0.25, 0.3) is 5.91 Å². The first-order chi connectivity index (χ1) is 22.9. The molecule has 1 aliphatic heterocycles. The third-order valence-corrected chi connectivity index (χ3v) is 11.4. The number of alkyl halides is 3. The summed E-state index contributed by atoms with van der Waals surface area (Å²) < 4.78 is 85.5. The van der Waals surface area contributed by atoms with Crippen molar-refractivity contribution >= 4 is 48.5 Å². The molecule has 2 fully saturated rings. The molecule has 1 saturated heterocycles. The van der Waals surface area contributed by atoms with E-state index in [1.807, 2.05) is 6.07 Å². The van der Waals surface area contributed by atoms with Crippen LogP contribution >= 0.6 is 11.3 Å². The van der Waals surface area contributed by atoms with Crippen LogP contribution in [0.4, 0.5) is 28.9 Å². The molecule has 15 heteroatoms. The van der Waals surface area contributed by atoms with E-state index >= 15 is 0 Å². The summed E-state index contributed by atoms with van der Waals surface area (Å²) >= 11 is 1.18. The molecule has 1 amide bonds. The molecule has 3 N–H and O–H groups in total. The topological polar surface area (TPSA) is 124 Å². The SMILES string of the molecule is CNC(=O)c1cc(OCC#N)c(NCC#Cc2sc3c(NC4CCC(N5CCS(=O)(=O)CC5)CC4)cccc3c2CC(F)(F)F)cc1F. The number of sulfone groups is 1. The summed E-state index contributed by atoms with van der Waals surface area (Å²) in [4.78, 5) is 14.5. The van der Waals surface area contributed by atoms with Crippen LogP contribution in [0.5, 0.6) is 5.75 Å². The van der Waals surface area contributed by atoms with Crippen molar-refractivity contribution in [1.29, 1.82) is 5.26 Å². The molecule has 9 nitrogen and oxygen atoms in total. The first-order valence-corrected chi connectivity index (χ1v) is 18.1. The van der Waals surface area contributed by atoms with E-state index in [2.05, 4.69) is 32.7 Å². The van der Waals surface area contributed by atoms with E-state index in [4.69, 9.17) is 10.00 Å². The number of ether oxygens (including phenoxy) is 1. The van der Waals surface area contributed by atoms with Crippen LogP contribution in [0.25, 0.3) is 10.1 Å². The molecule has 0 bridgehead atoms. The summed E-state index contributed by atoms with van der Waals surface area (Å²) in [6, 6.07) is 9.71. The monoisotopic (exact) mass is 705 g/mol. The molecule has 2 aliphatic rings. The fourth-order valence-electron chi connectivity index (χ4n) is 6.15. The van der Waals surface area contributed by atoms with Crippen LogP contribution < -0.4 is 20.7 Å². The Balaban J connectivity index is 1.32. The highest BCUT2D eigenvalue weighted by Crippen LogP contribution is 2.40. The molecular formula is C33H35F4N5O4S2. The summed E-state index contributed by atoms with van der Waals surface area (Å²) in [7, 11) is -1.60. The molecule has 3 aromatic rings. The van der Waals surface area contributed by atoms with Crippen molar-refractivity contribution in [3.8, 4) is 23.7 Å². The van der Waals surface area contributed by atoms with Gasteiger partial charge in [0, 0.05) is 38.3 Å². The lowest BCUT2D eigenvalue weighted by molar-refractivity contribution is -0.126. The smallest absolute Gasteiger partial charge is 0.393 e. The second-order valence-electron chi connectivity index (χ2n) is 11.7. The second-order valence-corrected chi connectivity index (χ2v) is 15.1. The number of thiophene rings is 1. The van der Waals surface area contributed by atoms with E-state index in [1.54, 1.807) is 18.2 Å². The zero-order chi connectivity index (χ0) is 34.5. The Labute approximate surface area is 280 Å². The number of hydrogen-bond acceptors (Lipinski definition) is 9. The van der Waals surface area contributed by atoms with E-state index in [0.29, 0.717) is 29.2 Å². The molecule has 0 atom stereocenters. The molecule has 256 valence electrons. The van der Waals surface area contributed by atoms with Crippen molar-refractivity contribution < 1.29 is 35.5 Å². The van der Waals surface area contributed by atoms with Gasteiger partial charge in [-0.25, -0.2) is 12.8 Å². The molecule has 0 radical (unpaired) electrons. The summed E-state index contributed by atoms with van der Waals surface area (Å²) in [5, 5.41) is 18.1. The Kier molecular flexibility index (Phi) is 11.0. The van der Waals surface area contributed by atoms with Gasteiger partial charge in [-0.1, -0.05) is 24.0 Å². The molecule has 48 heavy (non-hydrogen) atoms. The van der Waals surface area contributed by atoms with E-state index in [1.165, 1.54) is 18.4 Å². The van der Waals surface area contributed by atoms with E-state index in [9.17, 15) is 30.8 Å². The molecular weight excluding hydrogens is 671 g/mol. The quantitative estimate of drug-likeness (QED) is 0.202. The van der Waals surface area contributed by atoms with Gasteiger partial charge in [0.15, 0.2) is 16.4 Å². The molecule has 1 aromatic heterocycles. The number of halogens is 4. The Bertz CT molecular complexity index is 1860. The number of carbonyl (C=O) groups is 1. The zero-order valence-corrected chi connectivity index (χ0v) is 27.8. The predicted molar refractivity (Wildman–Crippen MR) is 178 cm³/mol. The average Bonchev–Trinajstić information content (AvgIpc) is 3.39. The number of carbonyl (C=O) groups excluding carboxylic acids is 1. The Morgan fingerprint density at radius 3 is 2.52 bits per heavy atom. The van der Waals surface area contributed by atoms with Gasteiger partial charge in [0.1, 0.15) is 17.6 Å². The van der Waals surface area contributed by atoms with Crippen LogP contribution in [-0.2, 0) is 16.3 Å². The lowest BCUT2D eigenvalue weighted by Gasteiger charge is -2.39. The number of amides is 1. The van der Waals surface area contributed by atoms with E-state index in [-0.39, 0.29) is 58.1 Å². The third kappa shape index (κ3) is 8.69. The summed E-state index contributed by atoms with van der Waals surface area (Å²) in [5.74, 6) is 4.61. The number of rotatable bonds is 9. The molecule has 2 aromatic carbocycles. The third-order valence-electron chi connectivity index (χ3n) is 8.55. The molecule has 1 aliphatic carbocycles. The van der Waals surface area contributed by atoms with Gasteiger partial charge in [0.05, 0.1) is 51.0 Å². The van der Waals surface area contributed by atoms with Crippen molar-refractivity contribution in [1.82, 2.24) is 10.2 Å². The van der Waals surface area contributed by atoms with Crippen LogP contribution in [0.2, 0.25) is 0 Å². The Morgan fingerprint density at radius 1 is 1.12 bits per heavy atom. The molecule has 0 spiro atoms. The predicted octanol–water partition coefficient (Wildman–Crippen LogP) is 5.32. The highest BCUT2D eigenvalue weighted by atomic mass is 32.2. The van der Waals surface area contributed by atoms with Gasteiger partial charge in [-0.05, 0) is 48.8 Å². The Morgan fingerprint density at radius 2 is 1.85 bits per heavy atom. The highest BCUT2D eigenvalue weighted by Gasteiger charge is 2.32. The van der Waals surface area contributed by atoms with E-state index < -0.39 is 34.2 Å². The second kappa shape index (κ2) is 15.0. The maximum Gasteiger partial charge on any atom is 0.393 e. The fraction of sp³-hybridized carbons (Fsp3) is 0.455. The minimum absolute atomic E-state index is 0.0478. The first kappa shape index (κ1) is 35.3. The number of nitrogens with zero attached hydrogens (tertiary/aromatic N) is 2. The number of benzene rings is 2. The molecule has 2 heterocycles. The highest BCUT2D eigenvalue weighted by molar-refractivity contribution is 7.91. The van der Waals surface area contributed by atoms with Gasteiger partial charge in [-0.3, -0.25) is 9.69 Å². The molecule has 0 unspecified atom stereocenters. The first-order valence-electron chi connectivity index (χ1n) is 15.5. The summed E-state index contributed by atoms with van der Waals surface area (Å²) in [6.45, 7) is 0.666.